The maximum Gasteiger partial charge on any atom is 0.230 e. The molecular weight excluding hydrogens is 458 g/mol. The van der Waals surface area contributed by atoms with E-state index in [1.165, 1.54) is 37.7 Å². The second-order valence-electron chi connectivity index (χ2n) is 9.72. The minimum atomic E-state index is -0.757. The van der Waals surface area contributed by atoms with Crippen molar-refractivity contribution in [3.05, 3.63) is 48.0 Å². The molecular formula is C26H31N7OS. The number of hydrogen-bond acceptors (Lipinski definition) is 7. The molecule has 1 aliphatic carbocycles. The van der Waals surface area contributed by atoms with Crippen molar-refractivity contribution in [3.63, 3.8) is 0 Å². The maximum atomic E-state index is 11.4. The lowest BCUT2D eigenvalue weighted by Crippen LogP contribution is -2.34. The van der Waals surface area contributed by atoms with E-state index in [-0.39, 0.29) is 0 Å². The third-order valence-electron chi connectivity index (χ3n) is 7.35. The van der Waals surface area contributed by atoms with Crippen molar-refractivity contribution < 1.29 is 4.21 Å². The van der Waals surface area contributed by atoms with Gasteiger partial charge in [-0.2, -0.15) is 4.98 Å². The van der Waals surface area contributed by atoms with Gasteiger partial charge in [0.2, 0.25) is 5.95 Å². The molecule has 1 saturated carbocycles. The molecule has 8 nitrogen and oxygen atoms in total. The van der Waals surface area contributed by atoms with Gasteiger partial charge in [-0.15, -0.1) is 0 Å². The summed E-state index contributed by atoms with van der Waals surface area (Å²) in [6.45, 7) is 2.66. The molecule has 2 aliphatic rings. The molecule has 1 N–H and O–H groups in total. The fourth-order valence-electron chi connectivity index (χ4n) is 5.54. The van der Waals surface area contributed by atoms with Gasteiger partial charge in [0.1, 0.15) is 11.5 Å². The van der Waals surface area contributed by atoms with Crippen LogP contribution in [-0.2, 0) is 23.8 Å². The Bertz CT molecular complexity index is 1400. The lowest BCUT2D eigenvalue weighted by molar-refractivity contribution is 0.267. The number of fused-ring (bicyclic) bond motifs is 4. The highest BCUT2D eigenvalue weighted by Crippen LogP contribution is 2.36. The lowest BCUT2D eigenvalue weighted by Gasteiger charge is -2.28. The van der Waals surface area contributed by atoms with Gasteiger partial charge in [-0.25, -0.2) is 9.97 Å². The summed E-state index contributed by atoms with van der Waals surface area (Å²) in [5.41, 5.74) is 4.47. The standard InChI is InChI=1S/C26H31N7OS/c1-35(34)14-13-32-12-10-22-18(17-32)7-8-24(29-22)30-26-28-15-21-20-9-11-27-16-23(20)33(25(21)31-26)19-5-3-2-4-6-19/h7-9,11,15-16,19H,2-6,10,12-14,17H2,1H3,(H,28,29,30,31). The molecule has 1 atom stereocenters. The van der Waals surface area contributed by atoms with E-state index in [1.807, 2.05) is 24.7 Å². The Kier molecular flexibility index (Phi) is 6.20. The second kappa shape index (κ2) is 9.62. The largest absolute Gasteiger partial charge is 0.321 e. The fraction of sp³-hybridized carbons (Fsp3) is 0.462. The highest BCUT2D eigenvalue weighted by Gasteiger charge is 2.23. The van der Waals surface area contributed by atoms with Crippen LogP contribution in [0.4, 0.5) is 11.8 Å². The van der Waals surface area contributed by atoms with Crippen LogP contribution < -0.4 is 5.32 Å². The van der Waals surface area contributed by atoms with Gasteiger partial charge in [-0.05, 0) is 30.5 Å². The molecule has 35 heavy (non-hydrogen) atoms. The summed E-state index contributed by atoms with van der Waals surface area (Å²) in [5, 5.41) is 5.59. The van der Waals surface area contributed by atoms with Gasteiger partial charge in [0, 0.05) is 83.8 Å². The lowest BCUT2D eigenvalue weighted by atomic mass is 9.95. The Morgan fingerprint density at radius 3 is 2.83 bits per heavy atom. The van der Waals surface area contributed by atoms with E-state index in [9.17, 15) is 4.21 Å². The second-order valence-corrected chi connectivity index (χ2v) is 11.3. The Balaban J connectivity index is 1.28. The van der Waals surface area contributed by atoms with Crippen molar-refractivity contribution in [3.8, 4) is 0 Å². The maximum absolute atomic E-state index is 11.4. The number of nitrogens with zero attached hydrogens (tertiary/aromatic N) is 6. The first-order valence-electron chi connectivity index (χ1n) is 12.5. The predicted molar refractivity (Wildman–Crippen MR) is 140 cm³/mol. The molecule has 4 aromatic rings. The van der Waals surface area contributed by atoms with Crippen molar-refractivity contribution >= 4 is 44.5 Å². The molecule has 0 aromatic carbocycles. The van der Waals surface area contributed by atoms with E-state index in [1.54, 1.807) is 6.26 Å². The third kappa shape index (κ3) is 4.54. The normalized spacial score (nSPS) is 18.1. The zero-order valence-corrected chi connectivity index (χ0v) is 20.9. The van der Waals surface area contributed by atoms with Crippen LogP contribution in [0.15, 0.2) is 36.8 Å². The number of rotatable bonds is 6. The van der Waals surface area contributed by atoms with E-state index in [0.717, 1.165) is 65.3 Å². The quantitative estimate of drug-likeness (QED) is 0.430. The molecule has 1 fully saturated rings. The molecule has 1 aliphatic heterocycles. The van der Waals surface area contributed by atoms with Crippen LogP contribution in [0.3, 0.4) is 0 Å². The molecule has 182 valence electrons. The molecule has 1 unspecified atom stereocenters. The monoisotopic (exact) mass is 489 g/mol. The first kappa shape index (κ1) is 22.5. The molecule has 0 amide bonds. The number of hydrogen-bond donors (Lipinski definition) is 1. The van der Waals surface area contributed by atoms with Gasteiger partial charge >= 0.3 is 0 Å². The van der Waals surface area contributed by atoms with E-state index < -0.39 is 10.8 Å². The van der Waals surface area contributed by atoms with E-state index in [0.29, 0.717) is 12.0 Å². The van der Waals surface area contributed by atoms with Crippen molar-refractivity contribution in [1.29, 1.82) is 0 Å². The third-order valence-corrected chi connectivity index (χ3v) is 8.11. The van der Waals surface area contributed by atoms with Gasteiger partial charge in [0.05, 0.1) is 11.7 Å². The summed E-state index contributed by atoms with van der Waals surface area (Å²) in [5.74, 6) is 2.06. The molecule has 0 bridgehead atoms. The average Bonchev–Trinajstić information content (AvgIpc) is 3.21. The zero-order chi connectivity index (χ0) is 23.8. The topological polar surface area (TPSA) is 88.8 Å². The predicted octanol–water partition coefficient (Wildman–Crippen LogP) is 4.36. The molecule has 6 rings (SSSR count). The Morgan fingerprint density at radius 2 is 1.97 bits per heavy atom. The highest BCUT2D eigenvalue weighted by molar-refractivity contribution is 7.84. The van der Waals surface area contributed by atoms with E-state index in [4.69, 9.17) is 9.97 Å². The summed E-state index contributed by atoms with van der Waals surface area (Å²) in [6, 6.07) is 6.67. The van der Waals surface area contributed by atoms with Crippen LogP contribution in [0.25, 0.3) is 21.9 Å². The highest BCUT2D eigenvalue weighted by atomic mass is 32.2. The van der Waals surface area contributed by atoms with Gasteiger partial charge in [0.15, 0.2) is 0 Å². The smallest absolute Gasteiger partial charge is 0.230 e. The Labute approximate surface area is 207 Å². The minimum Gasteiger partial charge on any atom is -0.321 e. The van der Waals surface area contributed by atoms with Gasteiger partial charge in [-0.1, -0.05) is 25.3 Å². The summed E-state index contributed by atoms with van der Waals surface area (Å²) < 4.78 is 13.8. The van der Waals surface area contributed by atoms with Crippen LogP contribution in [0, 0.1) is 0 Å². The summed E-state index contributed by atoms with van der Waals surface area (Å²) >= 11 is 0. The molecule has 9 heteroatoms. The van der Waals surface area contributed by atoms with Crippen molar-refractivity contribution in [2.24, 2.45) is 0 Å². The fourth-order valence-corrected chi connectivity index (χ4v) is 6.06. The van der Waals surface area contributed by atoms with Crippen LogP contribution >= 0.6 is 0 Å². The SMILES string of the molecule is CS(=O)CCN1CCc2nc(Nc3ncc4c5ccncc5n(C5CCCCC5)c4n3)ccc2C1. The molecule has 0 spiro atoms. The summed E-state index contributed by atoms with van der Waals surface area (Å²) in [4.78, 5) is 21.3. The molecule has 4 aromatic heterocycles. The Morgan fingerprint density at radius 1 is 1.09 bits per heavy atom. The average molecular weight is 490 g/mol. The number of anilines is 2. The summed E-state index contributed by atoms with van der Waals surface area (Å²) in [6.07, 6.45) is 14.6. The molecule has 0 saturated heterocycles. The zero-order valence-electron chi connectivity index (χ0n) is 20.1. The van der Waals surface area contributed by atoms with Gasteiger partial charge in [0.25, 0.3) is 0 Å². The van der Waals surface area contributed by atoms with Crippen LogP contribution in [0.5, 0.6) is 0 Å². The van der Waals surface area contributed by atoms with Crippen LogP contribution in [0.1, 0.15) is 49.4 Å². The van der Waals surface area contributed by atoms with Crippen LogP contribution in [0.2, 0.25) is 0 Å². The van der Waals surface area contributed by atoms with E-state index in [2.05, 4.69) is 36.9 Å². The number of pyridine rings is 2. The van der Waals surface area contributed by atoms with Crippen molar-refractivity contribution in [2.75, 3.05) is 30.4 Å². The van der Waals surface area contributed by atoms with Crippen molar-refractivity contribution in [1.82, 2.24) is 29.4 Å². The van der Waals surface area contributed by atoms with Crippen LogP contribution in [-0.4, -0.2) is 58.7 Å². The number of aromatic nitrogens is 5. The molecule has 0 radical (unpaired) electrons. The van der Waals surface area contributed by atoms with Gasteiger partial charge < -0.3 is 9.88 Å². The number of nitrogens with one attached hydrogen (secondary N) is 1. The van der Waals surface area contributed by atoms with E-state index >= 15 is 0 Å². The summed E-state index contributed by atoms with van der Waals surface area (Å²) in [7, 11) is -0.757. The Hall–Kier alpha value is -2.91. The van der Waals surface area contributed by atoms with Gasteiger partial charge in [-0.3, -0.25) is 14.1 Å². The van der Waals surface area contributed by atoms with Crippen molar-refractivity contribution in [2.45, 2.75) is 51.1 Å². The first-order chi connectivity index (χ1) is 17.2. The minimum absolute atomic E-state index is 0.450. The first-order valence-corrected chi connectivity index (χ1v) is 14.3. The molecule has 5 heterocycles.